The van der Waals surface area contributed by atoms with Crippen LogP contribution < -0.4 is 15.8 Å². The predicted octanol–water partition coefficient (Wildman–Crippen LogP) is 3.46. The van der Waals surface area contributed by atoms with Gasteiger partial charge >= 0.3 is 0 Å². The minimum atomic E-state index is -0.358. The predicted molar refractivity (Wildman–Crippen MR) is 80.6 cm³/mol. The maximum absolute atomic E-state index is 13.7. The van der Waals surface area contributed by atoms with E-state index in [1.807, 2.05) is 18.2 Å². The third-order valence-corrected chi connectivity index (χ3v) is 3.12. The van der Waals surface area contributed by atoms with E-state index in [9.17, 15) is 4.39 Å². The van der Waals surface area contributed by atoms with Gasteiger partial charge in [-0.25, -0.2) is 4.39 Å². The highest BCUT2D eigenvalue weighted by Gasteiger charge is 2.07. The SMILES string of the molecule is COc1cc(NCCCc2ccccc2)c(F)cc1N. The second kappa shape index (κ2) is 6.80. The Balaban J connectivity index is 1.88. The molecule has 0 aromatic heterocycles. The zero-order valence-electron chi connectivity index (χ0n) is 11.5. The smallest absolute Gasteiger partial charge is 0.148 e. The Morgan fingerprint density at radius 3 is 2.65 bits per heavy atom. The molecule has 0 aliphatic rings. The molecule has 0 bridgehead atoms. The quantitative estimate of drug-likeness (QED) is 0.626. The molecule has 0 aliphatic carbocycles. The Morgan fingerprint density at radius 1 is 1.20 bits per heavy atom. The van der Waals surface area contributed by atoms with Crippen LogP contribution in [-0.2, 0) is 6.42 Å². The van der Waals surface area contributed by atoms with Crippen molar-refractivity contribution in [2.75, 3.05) is 24.7 Å². The van der Waals surface area contributed by atoms with E-state index in [0.29, 0.717) is 23.7 Å². The molecule has 0 heterocycles. The number of nitrogen functional groups attached to an aromatic ring is 1. The summed E-state index contributed by atoms with van der Waals surface area (Å²) in [5.41, 5.74) is 7.65. The molecular weight excluding hydrogens is 255 g/mol. The molecule has 0 spiro atoms. The number of nitrogens with two attached hydrogens (primary N) is 1. The van der Waals surface area contributed by atoms with Gasteiger partial charge in [0.25, 0.3) is 0 Å². The van der Waals surface area contributed by atoms with E-state index in [1.165, 1.54) is 18.7 Å². The number of aryl methyl sites for hydroxylation is 1. The van der Waals surface area contributed by atoms with E-state index in [-0.39, 0.29) is 5.82 Å². The summed E-state index contributed by atoms with van der Waals surface area (Å²) in [7, 11) is 1.52. The van der Waals surface area contributed by atoms with Crippen molar-refractivity contribution >= 4 is 11.4 Å². The summed E-state index contributed by atoms with van der Waals surface area (Å²) in [6.45, 7) is 0.693. The van der Waals surface area contributed by atoms with Gasteiger partial charge in [-0.05, 0) is 18.4 Å². The molecular formula is C16H19FN2O. The molecule has 0 atom stereocenters. The highest BCUT2D eigenvalue weighted by Crippen LogP contribution is 2.28. The lowest BCUT2D eigenvalue weighted by atomic mass is 10.1. The van der Waals surface area contributed by atoms with E-state index in [0.717, 1.165) is 12.8 Å². The number of benzene rings is 2. The molecule has 3 N–H and O–H groups in total. The van der Waals surface area contributed by atoms with Crippen LogP contribution in [0.2, 0.25) is 0 Å². The second-order valence-electron chi connectivity index (χ2n) is 4.59. The molecule has 2 rings (SSSR count). The van der Waals surface area contributed by atoms with Crippen LogP contribution in [0.15, 0.2) is 42.5 Å². The van der Waals surface area contributed by atoms with Gasteiger partial charge in [0.05, 0.1) is 18.5 Å². The Kier molecular flexibility index (Phi) is 4.82. The van der Waals surface area contributed by atoms with Gasteiger partial charge in [0.1, 0.15) is 11.6 Å². The van der Waals surface area contributed by atoms with Gasteiger partial charge in [0, 0.05) is 18.7 Å². The van der Waals surface area contributed by atoms with Gasteiger partial charge in [-0.1, -0.05) is 30.3 Å². The van der Waals surface area contributed by atoms with Crippen molar-refractivity contribution in [3.63, 3.8) is 0 Å². The van der Waals surface area contributed by atoms with Crippen molar-refractivity contribution in [3.8, 4) is 5.75 Å². The van der Waals surface area contributed by atoms with E-state index < -0.39 is 0 Å². The third kappa shape index (κ3) is 3.63. The molecule has 20 heavy (non-hydrogen) atoms. The number of anilines is 2. The highest BCUT2D eigenvalue weighted by atomic mass is 19.1. The number of rotatable bonds is 6. The van der Waals surface area contributed by atoms with Crippen LogP contribution in [0.5, 0.6) is 5.75 Å². The van der Waals surface area contributed by atoms with Gasteiger partial charge in [-0.15, -0.1) is 0 Å². The summed E-state index contributed by atoms with van der Waals surface area (Å²) in [6.07, 6.45) is 1.89. The topological polar surface area (TPSA) is 47.3 Å². The van der Waals surface area contributed by atoms with Crippen molar-refractivity contribution in [3.05, 3.63) is 53.8 Å². The molecule has 3 nitrogen and oxygen atoms in total. The van der Waals surface area contributed by atoms with Gasteiger partial charge in [-0.3, -0.25) is 0 Å². The number of halogens is 1. The fraction of sp³-hybridized carbons (Fsp3) is 0.250. The van der Waals surface area contributed by atoms with Crippen LogP contribution in [0.3, 0.4) is 0 Å². The summed E-state index contributed by atoms with van der Waals surface area (Å²) >= 11 is 0. The van der Waals surface area contributed by atoms with Crippen molar-refractivity contribution in [2.24, 2.45) is 0 Å². The summed E-state index contributed by atoms with van der Waals surface area (Å²) in [5, 5.41) is 3.07. The molecule has 106 valence electrons. The molecule has 0 saturated carbocycles. The van der Waals surface area contributed by atoms with Crippen molar-refractivity contribution in [1.29, 1.82) is 0 Å². The Hall–Kier alpha value is -2.23. The molecule has 2 aromatic rings. The first-order valence-corrected chi connectivity index (χ1v) is 6.61. The summed E-state index contributed by atoms with van der Waals surface area (Å²) in [4.78, 5) is 0. The van der Waals surface area contributed by atoms with Gasteiger partial charge in [0.2, 0.25) is 0 Å². The fourth-order valence-electron chi connectivity index (χ4n) is 2.04. The van der Waals surface area contributed by atoms with E-state index >= 15 is 0 Å². The van der Waals surface area contributed by atoms with Crippen molar-refractivity contribution < 1.29 is 9.13 Å². The van der Waals surface area contributed by atoms with Crippen LogP contribution in [0, 0.1) is 5.82 Å². The first kappa shape index (κ1) is 14.2. The number of hydrogen-bond acceptors (Lipinski definition) is 3. The Morgan fingerprint density at radius 2 is 1.95 bits per heavy atom. The lowest BCUT2D eigenvalue weighted by Gasteiger charge is -2.11. The van der Waals surface area contributed by atoms with Gasteiger partial charge in [-0.2, -0.15) is 0 Å². The minimum absolute atomic E-state index is 0.305. The molecule has 0 unspecified atom stereocenters. The number of ether oxygens (including phenoxy) is 1. The largest absolute Gasteiger partial charge is 0.495 e. The molecule has 0 amide bonds. The van der Waals surface area contributed by atoms with E-state index in [2.05, 4.69) is 17.4 Å². The highest BCUT2D eigenvalue weighted by molar-refractivity contribution is 5.62. The normalized spacial score (nSPS) is 10.3. The van der Waals surface area contributed by atoms with Gasteiger partial charge < -0.3 is 15.8 Å². The average Bonchev–Trinajstić information content (AvgIpc) is 2.46. The summed E-state index contributed by atoms with van der Waals surface area (Å²) in [6, 6.07) is 13.1. The van der Waals surface area contributed by atoms with Crippen LogP contribution in [0.25, 0.3) is 0 Å². The monoisotopic (exact) mass is 274 g/mol. The minimum Gasteiger partial charge on any atom is -0.495 e. The maximum Gasteiger partial charge on any atom is 0.148 e. The molecule has 0 saturated heterocycles. The van der Waals surface area contributed by atoms with Crippen LogP contribution in [0.4, 0.5) is 15.8 Å². The second-order valence-corrected chi connectivity index (χ2v) is 4.59. The maximum atomic E-state index is 13.7. The number of methoxy groups -OCH3 is 1. The first-order chi connectivity index (χ1) is 9.70. The van der Waals surface area contributed by atoms with Crippen molar-refractivity contribution in [1.82, 2.24) is 0 Å². The average molecular weight is 274 g/mol. The molecule has 0 radical (unpaired) electrons. The van der Waals surface area contributed by atoms with Crippen LogP contribution >= 0.6 is 0 Å². The number of hydrogen-bond donors (Lipinski definition) is 2. The zero-order valence-corrected chi connectivity index (χ0v) is 11.5. The lowest BCUT2D eigenvalue weighted by molar-refractivity contribution is 0.416. The molecule has 4 heteroatoms. The van der Waals surface area contributed by atoms with E-state index in [4.69, 9.17) is 10.5 Å². The molecule has 0 fully saturated rings. The van der Waals surface area contributed by atoms with Crippen LogP contribution in [0.1, 0.15) is 12.0 Å². The van der Waals surface area contributed by atoms with Crippen molar-refractivity contribution in [2.45, 2.75) is 12.8 Å². The summed E-state index contributed by atoms with van der Waals surface area (Å²) < 4.78 is 18.8. The van der Waals surface area contributed by atoms with Crippen LogP contribution in [-0.4, -0.2) is 13.7 Å². The van der Waals surface area contributed by atoms with E-state index in [1.54, 1.807) is 6.07 Å². The summed E-state index contributed by atoms with van der Waals surface area (Å²) in [5.74, 6) is 0.125. The molecule has 2 aromatic carbocycles. The third-order valence-electron chi connectivity index (χ3n) is 3.12. The lowest BCUT2D eigenvalue weighted by Crippen LogP contribution is -2.06. The Bertz CT molecular complexity index is 558. The fourth-order valence-corrected chi connectivity index (χ4v) is 2.04. The number of nitrogens with one attached hydrogen (secondary N) is 1. The molecule has 0 aliphatic heterocycles. The standard InChI is InChI=1S/C16H19FN2O/c1-20-16-11-15(13(17)10-14(16)18)19-9-5-8-12-6-3-2-4-7-12/h2-4,6-7,10-11,19H,5,8-9,18H2,1H3. The zero-order chi connectivity index (χ0) is 14.4. The Labute approximate surface area is 118 Å². The van der Waals surface area contributed by atoms with Gasteiger partial charge in [0.15, 0.2) is 0 Å². The first-order valence-electron chi connectivity index (χ1n) is 6.61.